The average Bonchev–Trinajstić information content (AvgIpc) is 2.94. The van der Waals surface area contributed by atoms with Crippen molar-refractivity contribution in [2.75, 3.05) is 7.11 Å². The zero-order valence-corrected chi connectivity index (χ0v) is 14.5. The van der Waals surface area contributed by atoms with E-state index in [9.17, 15) is 19.5 Å². The maximum absolute atomic E-state index is 13.1. The molecule has 1 N–H and O–H groups in total. The van der Waals surface area contributed by atoms with Gasteiger partial charge in [0.15, 0.2) is 0 Å². The summed E-state index contributed by atoms with van der Waals surface area (Å²) in [6.45, 7) is 0. The normalized spacial score (nSPS) is 30.4. The molecular weight excluding hydrogens is 334 g/mol. The Morgan fingerprint density at radius 3 is 2.08 bits per heavy atom. The summed E-state index contributed by atoms with van der Waals surface area (Å²) in [7, 11) is 1.55. The number of carbonyl (C=O) groups excluding carboxylic acids is 2. The van der Waals surface area contributed by atoms with Crippen molar-refractivity contribution in [1.82, 2.24) is 4.90 Å². The average molecular weight is 355 g/mol. The largest absolute Gasteiger partial charge is 0.497 e. The highest BCUT2D eigenvalue weighted by Crippen LogP contribution is 2.51. The van der Waals surface area contributed by atoms with Gasteiger partial charge in [0.2, 0.25) is 11.8 Å². The predicted molar refractivity (Wildman–Crippen MR) is 92.2 cm³/mol. The molecule has 2 bridgehead atoms. The maximum atomic E-state index is 13.1. The van der Waals surface area contributed by atoms with E-state index in [2.05, 4.69) is 12.2 Å². The third-order valence-corrected chi connectivity index (χ3v) is 5.97. The maximum Gasteiger partial charge on any atom is 0.305 e. The van der Waals surface area contributed by atoms with E-state index in [1.54, 1.807) is 31.4 Å². The minimum Gasteiger partial charge on any atom is -0.497 e. The number of aliphatic carboxylic acids is 1. The molecule has 3 aliphatic carbocycles. The van der Waals surface area contributed by atoms with E-state index in [4.69, 9.17) is 4.74 Å². The van der Waals surface area contributed by atoms with Crippen LogP contribution >= 0.6 is 0 Å². The zero-order valence-electron chi connectivity index (χ0n) is 14.5. The number of rotatable bonds is 5. The smallest absolute Gasteiger partial charge is 0.305 e. The lowest BCUT2D eigenvalue weighted by Gasteiger charge is -2.38. The van der Waals surface area contributed by atoms with Crippen molar-refractivity contribution in [3.63, 3.8) is 0 Å². The first-order valence-electron chi connectivity index (χ1n) is 8.92. The van der Waals surface area contributed by atoms with Gasteiger partial charge < -0.3 is 9.84 Å². The Labute approximate surface area is 151 Å². The van der Waals surface area contributed by atoms with E-state index in [1.165, 1.54) is 4.90 Å². The Morgan fingerprint density at radius 1 is 1.12 bits per heavy atom. The first-order valence-corrected chi connectivity index (χ1v) is 8.92. The molecule has 5 unspecified atom stereocenters. The molecule has 6 heteroatoms. The monoisotopic (exact) mass is 355 g/mol. The highest BCUT2D eigenvalue weighted by molar-refractivity contribution is 6.06. The summed E-state index contributed by atoms with van der Waals surface area (Å²) in [6, 6.07) is 6.09. The van der Waals surface area contributed by atoms with E-state index in [0.717, 1.165) is 12.8 Å². The Hall–Kier alpha value is -2.63. The van der Waals surface area contributed by atoms with Crippen LogP contribution in [0.5, 0.6) is 5.75 Å². The second kappa shape index (κ2) is 6.27. The van der Waals surface area contributed by atoms with E-state index < -0.39 is 12.0 Å². The number of allylic oxidation sites excluding steroid dienone is 2. The summed E-state index contributed by atoms with van der Waals surface area (Å²) in [6.07, 6.45) is 5.65. The molecule has 1 saturated heterocycles. The second-order valence-corrected chi connectivity index (χ2v) is 7.27. The fourth-order valence-corrected chi connectivity index (χ4v) is 4.75. The summed E-state index contributed by atoms with van der Waals surface area (Å²) < 4.78 is 5.14. The lowest BCUT2D eigenvalue weighted by atomic mass is 9.63. The first-order chi connectivity index (χ1) is 12.5. The molecule has 1 aromatic carbocycles. The van der Waals surface area contributed by atoms with Gasteiger partial charge in [-0.2, -0.15) is 0 Å². The van der Waals surface area contributed by atoms with Gasteiger partial charge in [-0.05, 0) is 42.4 Å². The molecule has 5 atom stereocenters. The molecule has 0 radical (unpaired) electrons. The fraction of sp³-hybridized carbons (Fsp3) is 0.450. The summed E-state index contributed by atoms with van der Waals surface area (Å²) in [4.78, 5) is 38.9. The molecular formula is C20H21NO5. The lowest BCUT2D eigenvalue weighted by Crippen LogP contribution is -2.38. The van der Waals surface area contributed by atoms with Crippen molar-refractivity contribution in [3.8, 4) is 5.75 Å². The van der Waals surface area contributed by atoms with Crippen molar-refractivity contribution in [3.05, 3.63) is 42.0 Å². The van der Waals surface area contributed by atoms with Crippen molar-refractivity contribution in [1.29, 1.82) is 0 Å². The van der Waals surface area contributed by atoms with Crippen LogP contribution in [0.2, 0.25) is 0 Å². The predicted octanol–water partition coefficient (Wildman–Crippen LogP) is 2.41. The van der Waals surface area contributed by atoms with Crippen LogP contribution in [0.1, 0.15) is 30.9 Å². The number of benzene rings is 1. The van der Waals surface area contributed by atoms with Crippen LogP contribution in [0.25, 0.3) is 0 Å². The molecule has 0 aromatic heterocycles. The topological polar surface area (TPSA) is 83.9 Å². The van der Waals surface area contributed by atoms with Gasteiger partial charge in [0.05, 0.1) is 31.4 Å². The van der Waals surface area contributed by atoms with Gasteiger partial charge in [0.25, 0.3) is 0 Å². The third kappa shape index (κ3) is 2.52. The molecule has 1 saturated carbocycles. The Morgan fingerprint density at radius 2 is 1.65 bits per heavy atom. The van der Waals surface area contributed by atoms with Crippen LogP contribution in [-0.2, 0) is 14.4 Å². The molecule has 0 spiro atoms. The third-order valence-electron chi connectivity index (χ3n) is 5.97. The number of fused-ring (bicyclic) bond motifs is 1. The number of methoxy groups -OCH3 is 1. The summed E-state index contributed by atoms with van der Waals surface area (Å²) in [5.41, 5.74) is 0.633. The Kier molecular flexibility index (Phi) is 4.05. The van der Waals surface area contributed by atoms with Crippen LogP contribution in [0, 0.1) is 23.7 Å². The zero-order chi connectivity index (χ0) is 18.4. The SMILES string of the molecule is COc1ccc(C(CC(=O)O)N2C(=O)C3C4C=CC(CC4)C3C2=O)cc1. The minimum absolute atomic E-state index is 0.0906. The number of nitrogens with zero attached hydrogens (tertiary/aromatic N) is 1. The van der Waals surface area contributed by atoms with Gasteiger partial charge in [-0.3, -0.25) is 19.3 Å². The number of amides is 2. The van der Waals surface area contributed by atoms with E-state index in [-0.39, 0.29) is 41.9 Å². The van der Waals surface area contributed by atoms with Crippen LogP contribution in [0.3, 0.4) is 0 Å². The van der Waals surface area contributed by atoms with Crippen LogP contribution in [0.4, 0.5) is 0 Å². The number of carbonyl (C=O) groups is 3. The van der Waals surface area contributed by atoms with Crippen molar-refractivity contribution >= 4 is 17.8 Å². The van der Waals surface area contributed by atoms with Gasteiger partial charge in [0, 0.05) is 0 Å². The number of hydrogen-bond acceptors (Lipinski definition) is 4. The van der Waals surface area contributed by atoms with Gasteiger partial charge in [-0.25, -0.2) is 0 Å². The number of likely N-dealkylation sites (tertiary alicyclic amines) is 1. The highest BCUT2D eigenvalue weighted by Gasteiger charge is 2.58. The van der Waals surface area contributed by atoms with E-state index in [0.29, 0.717) is 11.3 Å². The van der Waals surface area contributed by atoms with Crippen LogP contribution in [0.15, 0.2) is 36.4 Å². The molecule has 1 aromatic rings. The molecule has 1 aliphatic heterocycles. The van der Waals surface area contributed by atoms with Crippen LogP contribution < -0.4 is 4.74 Å². The van der Waals surface area contributed by atoms with Gasteiger partial charge >= 0.3 is 5.97 Å². The van der Waals surface area contributed by atoms with E-state index >= 15 is 0 Å². The quantitative estimate of drug-likeness (QED) is 0.648. The number of hydrogen-bond donors (Lipinski definition) is 1. The second-order valence-electron chi connectivity index (χ2n) is 7.27. The van der Waals surface area contributed by atoms with Gasteiger partial charge in [-0.15, -0.1) is 0 Å². The highest BCUT2D eigenvalue weighted by atomic mass is 16.5. The van der Waals surface area contributed by atoms with Crippen molar-refractivity contribution < 1.29 is 24.2 Å². The van der Waals surface area contributed by atoms with Gasteiger partial charge in [0.1, 0.15) is 5.75 Å². The van der Waals surface area contributed by atoms with Crippen molar-refractivity contribution in [2.24, 2.45) is 23.7 Å². The molecule has 4 aliphatic rings. The Bertz CT molecular complexity index is 752. The number of ether oxygens (including phenoxy) is 1. The molecule has 1 heterocycles. The minimum atomic E-state index is -1.04. The summed E-state index contributed by atoms with van der Waals surface area (Å²) in [5.74, 6) is -1.33. The fourth-order valence-electron chi connectivity index (χ4n) is 4.75. The lowest BCUT2D eigenvalue weighted by molar-refractivity contribution is -0.146. The standard InChI is InChI=1S/C20H21NO5/c1-26-14-8-6-11(7-9-14)15(10-16(22)23)21-19(24)17-12-2-3-13(5-4-12)18(17)20(21)25/h2-3,6-9,12-13,15,17-18H,4-5,10H2,1H3,(H,22,23). The number of imide groups is 1. The summed E-state index contributed by atoms with van der Waals surface area (Å²) >= 11 is 0. The first kappa shape index (κ1) is 16.8. The summed E-state index contributed by atoms with van der Waals surface area (Å²) in [5, 5.41) is 9.37. The molecule has 2 amide bonds. The molecule has 136 valence electrons. The Balaban J connectivity index is 1.70. The molecule has 5 rings (SSSR count). The van der Waals surface area contributed by atoms with Crippen LogP contribution in [-0.4, -0.2) is 34.9 Å². The molecule has 26 heavy (non-hydrogen) atoms. The molecule has 2 fully saturated rings. The number of carboxylic acid groups (broad SMARTS) is 1. The molecule has 6 nitrogen and oxygen atoms in total. The number of carboxylic acids is 1. The van der Waals surface area contributed by atoms with Crippen molar-refractivity contribution in [2.45, 2.75) is 25.3 Å². The van der Waals surface area contributed by atoms with E-state index in [1.807, 2.05) is 0 Å². The van der Waals surface area contributed by atoms with Gasteiger partial charge in [-0.1, -0.05) is 24.3 Å².